The summed E-state index contributed by atoms with van der Waals surface area (Å²) in [5.41, 5.74) is 1.67. The minimum atomic E-state index is 0.416. The average Bonchev–Trinajstić information content (AvgIpc) is 2.93. The van der Waals surface area contributed by atoms with Gasteiger partial charge >= 0.3 is 0 Å². The molecule has 20 heavy (non-hydrogen) atoms. The maximum absolute atomic E-state index is 5.80. The van der Waals surface area contributed by atoms with Crippen LogP contribution in [0.5, 0.6) is 0 Å². The molecule has 1 N–H and O–H groups in total. The molecule has 1 spiro atoms. The topological polar surface area (TPSA) is 21.3 Å². The van der Waals surface area contributed by atoms with Gasteiger partial charge in [0.25, 0.3) is 0 Å². The summed E-state index contributed by atoms with van der Waals surface area (Å²) in [7, 11) is 0. The molecule has 0 bridgehead atoms. The predicted molar refractivity (Wildman–Crippen MR) is 82.6 cm³/mol. The maximum Gasteiger partial charge on any atom is 0.0716 e. The molecule has 1 aliphatic carbocycles. The van der Waals surface area contributed by atoms with Crippen molar-refractivity contribution in [2.45, 2.75) is 56.7 Å². The molecule has 0 aromatic heterocycles. The lowest BCUT2D eigenvalue weighted by Gasteiger charge is -2.36. The van der Waals surface area contributed by atoms with Gasteiger partial charge < -0.3 is 10.1 Å². The van der Waals surface area contributed by atoms with Crippen LogP contribution in [0, 0.1) is 0 Å². The molecule has 1 saturated carbocycles. The number of hydrogen-bond donors (Lipinski definition) is 1. The number of nitrogens with one attached hydrogen (secondary N) is 1. The van der Waals surface area contributed by atoms with Gasteiger partial charge in [-0.1, -0.05) is 55.3 Å². The standard InChI is InChI=1S/C18H25NO/c1-2-7-16(8-3-1)15-20-14-10-17-9-6-13-18(19-17)11-4-5-12-18/h1-3,6-9,17,19H,4-5,10-15H2/t17-/m1/s1. The first-order valence-electron chi connectivity index (χ1n) is 7.92. The van der Waals surface area contributed by atoms with E-state index >= 15 is 0 Å². The van der Waals surface area contributed by atoms with Gasteiger partial charge in [0.05, 0.1) is 6.61 Å². The zero-order valence-electron chi connectivity index (χ0n) is 12.2. The van der Waals surface area contributed by atoms with Gasteiger partial charge in [0.1, 0.15) is 0 Å². The predicted octanol–water partition coefficient (Wildman–Crippen LogP) is 3.82. The van der Waals surface area contributed by atoms with Gasteiger partial charge in [0, 0.05) is 18.2 Å². The molecule has 1 atom stereocenters. The van der Waals surface area contributed by atoms with Gasteiger partial charge in [-0.15, -0.1) is 0 Å². The lowest BCUT2D eigenvalue weighted by Crippen LogP contribution is -2.50. The van der Waals surface area contributed by atoms with Crippen molar-refractivity contribution in [3.05, 3.63) is 48.0 Å². The lowest BCUT2D eigenvalue weighted by molar-refractivity contribution is 0.110. The maximum atomic E-state index is 5.80. The Morgan fingerprint density at radius 3 is 2.75 bits per heavy atom. The van der Waals surface area contributed by atoms with E-state index in [0.717, 1.165) is 19.6 Å². The molecule has 2 aliphatic rings. The second-order valence-corrected chi connectivity index (χ2v) is 6.20. The number of hydrogen-bond acceptors (Lipinski definition) is 2. The van der Waals surface area contributed by atoms with E-state index in [1.54, 1.807) is 0 Å². The van der Waals surface area contributed by atoms with E-state index in [9.17, 15) is 0 Å². The van der Waals surface area contributed by atoms with Gasteiger partial charge in [-0.2, -0.15) is 0 Å². The van der Waals surface area contributed by atoms with E-state index in [4.69, 9.17) is 4.74 Å². The molecule has 0 saturated heterocycles. The summed E-state index contributed by atoms with van der Waals surface area (Å²) in [5.74, 6) is 0. The van der Waals surface area contributed by atoms with Gasteiger partial charge in [-0.05, 0) is 31.2 Å². The molecule has 2 heteroatoms. The van der Waals surface area contributed by atoms with Crippen molar-refractivity contribution in [3.63, 3.8) is 0 Å². The van der Waals surface area contributed by atoms with Crippen molar-refractivity contribution in [3.8, 4) is 0 Å². The quantitative estimate of drug-likeness (QED) is 0.649. The number of rotatable bonds is 5. The molecule has 0 amide bonds. The van der Waals surface area contributed by atoms with Crippen LogP contribution in [0.1, 0.15) is 44.1 Å². The van der Waals surface area contributed by atoms with E-state index in [2.05, 4.69) is 41.7 Å². The third kappa shape index (κ3) is 3.50. The Morgan fingerprint density at radius 2 is 1.95 bits per heavy atom. The highest BCUT2D eigenvalue weighted by molar-refractivity contribution is 5.13. The molecule has 1 aliphatic heterocycles. The Bertz CT molecular complexity index is 434. The van der Waals surface area contributed by atoms with E-state index in [0.29, 0.717) is 11.6 Å². The highest BCUT2D eigenvalue weighted by atomic mass is 16.5. The Balaban J connectivity index is 1.40. The van der Waals surface area contributed by atoms with Crippen LogP contribution in [0.4, 0.5) is 0 Å². The Kier molecular flexibility index (Phi) is 4.54. The third-order valence-electron chi connectivity index (χ3n) is 4.61. The van der Waals surface area contributed by atoms with Crippen LogP contribution in [-0.2, 0) is 11.3 Å². The fourth-order valence-corrected chi connectivity index (χ4v) is 3.50. The first-order valence-corrected chi connectivity index (χ1v) is 7.92. The number of benzene rings is 1. The second kappa shape index (κ2) is 6.55. The molecular weight excluding hydrogens is 246 g/mol. The van der Waals surface area contributed by atoms with E-state index in [-0.39, 0.29) is 0 Å². The monoisotopic (exact) mass is 271 g/mol. The van der Waals surface area contributed by atoms with Crippen LogP contribution in [0.25, 0.3) is 0 Å². The summed E-state index contributed by atoms with van der Waals surface area (Å²) in [6, 6.07) is 10.9. The van der Waals surface area contributed by atoms with Crippen molar-refractivity contribution in [1.29, 1.82) is 0 Å². The molecule has 0 unspecified atom stereocenters. The summed E-state index contributed by atoms with van der Waals surface area (Å²) in [6.07, 6.45) is 12.5. The molecule has 1 heterocycles. The fraction of sp³-hybridized carbons (Fsp3) is 0.556. The van der Waals surface area contributed by atoms with E-state index in [1.165, 1.54) is 37.7 Å². The summed E-state index contributed by atoms with van der Waals surface area (Å²) in [6.45, 7) is 1.55. The normalized spacial score (nSPS) is 24.3. The highest BCUT2D eigenvalue weighted by Crippen LogP contribution is 2.35. The van der Waals surface area contributed by atoms with Crippen molar-refractivity contribution in [1.82, 2.24) is 5.32 Å². The molecular formula is C18H25NO. The van der Waals surface area contributed by atoms with E-state index in [1.807, 2.05) is 6.07 Å². The van der Waals surface area contributed by atoms with E-state index < -0.39 is 0 Å². The zero-order chi connectivity index (χ0) is 13.7. The summed E-state index contributed by atoms with van der Waals surface area (Å²) in [5, 5.41) is 3.86. The molecule has 2 nitrogen and oxygen atoms in total. The van der Waals surface area contributed by atoms with Gasteiger partial charge in [-0.3, -0.25) is 0 Å². The summed E-state index contributed by atoms with van der Waals surface area (Å²) in [4.78, 5) is 0. The Morgan fingerprint density at radius 1 is 1.15 bits per heavy atom. The van der Waals surface area contributed by atoms with Gasteiger partial charge in [-0.25, -0.2) is 0 Å². The van der Waals surface area contributed by atoms with Crippen LogP contribution >= 0.6 is 0 Å². The van der Waals surface area contributed by atoms with Gasteiger partial charge in [0.15, 0.2) is 0 Å². The first kappa shape index (κ1) is 13.8. The SMILES string of the molecule is C1=C[C@H](CCOCc2ccccc2)NC2(C1)CCCC2. The van der Waals surface area contributed by atoms with Crippen molar-refractivity contribution < 1.29 is 4.74 Å². The van der Waals surface area contributed by atoms with Crippen molar-refractivity contribution in [2.24, 2.45) is 0 Å². The Labute approximate surface area is 122 Å². The molecule has 1 aromatic carbocycles. The lowest BCUT2D eigenvalue weighted by atomic mass is 9.88. The minimum absolute atomic E-state index is 0.416. The molecule has 1 aromatic rings. The first-order chi connectivity index (χ1) is 9.86. The smallest absolute Gasteiger partial charge is 0.0716 e. The Hall–Kier alpha value is -1.12. The van der Waals surface area contributed by atoms with Crippen LogP contribution < -0.4 is 5.32 Å². The summed E-state index contributed by atoms with van der Waals surface area (Å²) < 4.78 is 5.80. The number of ether oxygens (including phenoxy) is 1. The second-order valence-electron chi connectivity index (χ2n) is 6.20. The third-order valence-corrected chi connectivity index (χ3v) is 4.61. The van der Waals surface area contributed by atoms with Crippen LogP contribution in [0.15, 0.2) is 42.5 Å². The largest absolute Gasteiger partial charge is 0.377 e. The van der Waals surface area contributed by atoms with Crippen molar-refractivity contribution in [2.75, 3.05) is 6.61 Å². The zero-order valence-corrected chi connectivity index (χ0v) is 12.2. The highest BCUT2D eigenvalue weighted by Gasteiger charge is 2.35. The van der Waals surface area contributed by atoms with Crippen LogP contribution in [0.3, 0.4) is 0 Å². The molecule has 1 fully saturated rings. The summed E-state index contributed by atoms with van der Waals surface area (Å²) >= 11 is 0. The minimum Gasteiger partial charge on any atom is -0.377 e. The molecule has 0 radical (unpaired) electrons. The molecule has 3 rings (SSSR count). The average molecular weight is 271 g/mol. The van der Waals surface area contributed by atoms with Crippen LogP contribution in [0.2, 0.25) is 0 Å². The molecule has 108 valence electrons. The van der Waals surface area contributed by atoms with Crippen molar-refractivity contribution >= 4 is 0 Å². The van der Waals surface area contributed by atoms with Crippen LogP contribution in [-0.4, -0.2) is 18.2 Å². The fourth-order valence-electron chi connectivity index (χ4n) is 3.50. The van der Waals surface area contributed by atoms with Gasteiger partial charge in [0.2, 0.25) is 0 Å².